The Bertz CT molecular complexity index is 885. The highest BCUT2D eigenvalue weighted by Crippen LogP contribution is 2.41. The van der Waals surface area contributed by atoms with E-state index in [1.807, 2.05) is 6.92 Å². The van der Waals surface area contributed by atoms with Crippen molar-refractivity contribution >= 4 is 38.4 Å². The van der Waals surface area contributed by atoms with E-state index in [0.717, 1.165) is 31.4 Å². The molecule has 0 aromatic heterocycles. The third-order valence-electron chi connectivity index (χ3n) is 4.63. The standard InChI is InChI=1S/C18H21F3N2O4S2/c1-2-3-4-5-16(24)22-17-23(14-10-29(25,26)11-15(14)28-17)12-6-8-13(9-7-12)27-18(19,20)21/h6-9,14-15H,2-5,10-11H2,1H3/t14-,15-/m0/s1. The third kappa shape index (κ3) is 5.65. The molecule has 2 saturated heterocycles. The second kappa shape index (κ2) is 8.55. The molecule has 11 heteroatoms. The number of amidine groups is 1. The molecule has 29 heavy (non-hydrogen) atoms. The zero-order valence-electron chi connectivity index (χ0n) is 15.7. The predicted octanol–water partition coefficient (Wildman–Crippen LogP) is 3.77. The lowest BCUT2D eigenvalue weighted by Gasteiger charge is -2.24. The summed E-state index contributed by atoms with van der Waals surface area (Å²) in [5.41, 5.74) is 0.469. The summed E-state index contributed by atoms with van der Waals surface area (Å²) in [6.45, 7) is 2.03. The van der Waals surface area contributed by atoms with Crippen LogP contribution >= 0.6 is 11.8 Å². The van der Waals surface area contributed by atoms with Gasteiger partial charge in [-0.25, -0.2) is 8.42 Å². The molecule has 1 amide bonds. The maximum absolute atomic E-state index is 12.4. The molecule has 2 aliphatic heterocycles. The van der Waals surface area contributed by atoms with E-state index in [0.29, 0.717) is 17.3 Å². The molecule has 2 atom stereocenters. The molecule has 6 nitrogen and oxygen atoms in total. The summed E-state index contributed by atoms with van der Waals surface area (Å²) in [4.78, 5) is 18.0. The number of alkyl halides is 3. The van der Waals surface area contributed by atoms with Gasteiger partial charge in [0.2, 0.25) is 5.91 Å². The molecule has 0 spiro atoms. The molecule has 0 bridgehead atoms. The van der Waals surface area contributed by atoms with Crippen molar-refractivity contribution in [3.05, 3.63) is 24.3 Å². The normalized spacial score (nSPS) is 24.7. The summed E-state index contributed by atoms with van der Waals surface area (Å²) in [7, 11) is -3.22. The second-order valence-corrected chi connectivity index (χ2v) is 10.3. The fourth-order valence-corrected chi connectivity index (χ4v) is 7.29. The van der Waals surface area contributed by atoms with E-state index < -0.39 is 22.2 Å². The van der Waals surface area contributed by atoms with E-state index in [2.05, 4.69) is 9.73 Å². The Hall–Kier alpha value is -1.75. The molecular formula is C18H21F3N2O4S2. The Morgan fingerprint density at radius 1 is 1.24 bits per heavy atom. The van der Waals surface area contributed by atoms with Gasteiger partial charge in [0.25, 0.3) is 0 Å². The SMILES string of the molecule is CCCCCC(=O)N=C1S[C@H]2CS(=O)(=O)C[C@@H]2N1c1ccc(OC(F)(F)F)cc1. The summed E-state index contributed by atoms with van der Waals surface area (Å²) >= 11 is 1.23. The van der Waals surface area contributed by atoms with Crippen LogP contribution in [-0.2, 0) is 14.6 Å². The first kappa shape index (κ1) is 21.9. The quantitative estimate of drug-likeness (QED) is 0.615. The molecule has 0 saturated carbocycles. The summed E-state index contributed by atoms with van der Waals surface area (Å²) in [6, 6.07) is 4.72. The number of unbranched alkanes of at least 4 members (excludes halogenated alkanes) is 2. The molecule has 3 rings (SSSR count). The van der Waals surface area contributed by atoms with Crippen LogP contribution in [0.4, 0.5) is 18.9 Å². The van der Waals surface area contributed by atoms with Gasteiger partial charge in [0.1, 0.15) is 5.75 Å². The zero-order valence-corrected chi connectivity index (χ0v) is 17.3. The number of hydrogen-bond acceptors (Lipinski definition) is 5. The largest absolute Gasteiger partial charge is 0.573 e. The molecule has 0 aliphatic carbocycles. The number of anilines is 1. The lowest BCUT2D eigenvalue weighted by atomic mass is 10.2. The molecular weight excluding hydrogens is 429 g/mol. The minimum atomic E-state index is -4.80. The summed E-state index contributed by atoms with van der Waals surface area (Å²) in [5.74, 6) is -0.769. The van der Waals surface area contributed by atoms with E-state index >= 15 is 0 Å². The lowest BCUT2D eigenvalue weighted by molar-refractivity contribution is -0.274. The van der Waals surface area contributed by atoms with Gasteiger partial charge in [0, 0.05) is 17.4 Å². The number of aliphatic imine (C=N–C) groups is 1. The zero-order chi connectivity index (χ0) is 21.2. The number of carbonyl (C=O) groups is 1. The predicted molar refractivity (Wildman–Crippen MR) is 106 cm³/mol. The van der Waals surface area contributed by atoms with Gasteiger partial charge in [0.05, 0.1) is 17.5 Å². The highest BCUT2D eigenvalue weighted by molar-refractivity contribution is 8.16. The summed E-state index contributed by atoms with van der Waals surface area (Å²) in [6.07, 6.45) is -1.89. The molecule has 2 heterocycles. The van der Waals surface area contributed by atoms with Crippen LogP contribution in [0.3, 0.4) is 0 Å². The van der Waals surface area contributed by atoms with Crippen LogP contribution in [0.1, 0.15) is 32.6 Å². The van der Waals surface area contributed by atoms with Crippen molar-refractivity contribution in [2.75, 3.05) is 16.4 Å². The van der Waals surface area contributed by atoms with Gasteiger partial charge in [-0.2, -0.15) is 4.99 Å². The Kier molecular flexibility index (Phi) is 6.47. The second-order valence-electron chi connectivity index (χ2n) is 6.96. The molecule has 2 aliphatic rings. The number of sulfone groups is 1. The minimum Gasteiger partial charge on any atom is -0.406 e. The highest BCUT2D eigenvalue weighted by Gasteiger charge is 2.49. The van der Waals surface area contributed by atoms with Gasteiger partial charge < -0.3 is 9.64 Å². The van der Waals surface area contributed by atoms with Crippen molar-refractivity contribution in [3.63, 3.8) is 0 Å². The van der Waals surface area contributed by atoms with Crippen molar-refractivity contribution < 1.29 is 31.1 Å². The monoisotopic (exact) mass is 450 g/mol. The van der Waals surface area contributed by atoms with E-state index in [4.69, 9.17) is 0 Å². The van der Waals surface area contributed by atoms with Crippen LogP contribution in [0.15, 0.2) is 29.3 Å². The Balaban J connectivity index is 1.85. The van der Waals surface area contributed by atoms with Crippen LogP contribution in [0.2, 0.25) is 0 Å². The number of thioether (sulfide) groups is 1. The lowest BCUT2D eigenvalue weighted by Crippen LogP contribution is -2.37. The maximum atomic E-state index is 12.4. The molecule has 0 unspecified atom stereocenters. The van der Waals surface area contributed by atoms with E-state index in [1.54, 1.807) is 4.90 Å². The number of benzene rings is 1. The molecule has 1 aromatic rings. The van der Waals surface area contributed by atoms with E-state index in [9.17, 15) is 26.4 Å². The Morgan fingerprint density at radius 3 is 2.55 bits per heavy atom. The molecule has 1 aromatic carbocycles. The summed E-state index contributed by atoms with van der Waals surface area (Å²) in [5, 5.41) is 0.120. The summed E-state index contributed by atoms with van der Waals surface area (Å²) < 4.78 is 65.1. The number of halogens is 3. The van der Waals surface area contributed by atoms with Crippen molar-refractivity contribution in [2.24, 2.45) is 4.99 Å². The van der Waals surface area contributed by atoms with Crippen LogP contribution in [-0.4, -0.2) is 48.7 Å². The number of fused-ring (bicyclic) bond motifs is 1. The fourth-order valence-electron chi connectivity index (χ4n) is 3.36. The minimum absolute atomic E-state index is 0.0167. The van der Waals surface area contributed by atoms with Crippen molar-refractivity contribution in [1.29, 1.82) is 0 Å². The third-order valence-corrected chi connectivity index (χ3v) is 7.84. The highest BCUT2D eigenvalue weighted by atomic mass is 32.2. The van der Waals surface area contributed by atoms with Gasteiger partial charge in [-0.15, -0.1) is 13.2 Å². The van der Waals surface area contributed by atoms with Crippen LogP contribution in [0.5, 0.6) is 5.75 Å². The smallest absolute Gasteiger partial charge is 0.406 e. The van der Waals surface area contributed by atoms with Gasteiger partial charge in [-0.05, 0) is 30.7 Å². The first-order valence-corrected chi connectivity index (χ1v) is 11.9. The molecule has 160 valence electrons. The van der Waals surface area contributed by atoms with Crippen LogP contribution in [0, 0.1) is 0 Å². The fraction of sp³-hybridized carbons (Fsp3) is 0.556. The Morgan fingerprint density at radius 2 is 1.93 bits per heavy atom. The maximum Gasteiger partial charge on any atom is 0.573 e. The number of amides is 1. The van der Waals surface area contributed by atoms with Gasteiger partial charge in [-0.3, -0.25) is 4.79 Å². The van der Waals surface area contributed by atoms with Gasteiger partial charge in [-0.1, -0.05) is 31.5 Å². The first-order valence-electron chi connectivity index (χ1n) is 9.21. The van der Waals surface area contributed by atoms with Crippen LogP contribution in [0.25, 0.3) is 0 Å². The number of ether oxygens (including phenoxy) is 1. The van der Waals surface area contributed by atoms with E-state index in [1.165, 1.54) is 23.9 Å². The molecule has 0 N–H and O–H groups in total. The van der Waals surface area contributed by atoms with Crippen molar-refractivity contribution in [3.8, 4) is 5.75 Å². The first-order chi connectivity index (χ1) is 13.6. The van der Waals surface area contributed by atoms with E-state index in [-0.39, 0.29) is 28.4 Å². The number of nitrogens with zero attached hydrogens (tertiary/aromatic N) is 2. The van der Waals surface area contributed by atoms with Gasteiger partial charge in [0.15, 0.2) is 15.0 Å². The number of rotatable bonds is 6. The van der Waals surface area contributed by atoms with Crippen molar-refractivity contribution in [2.45, 2.75) is 50.3 Å². The average molecular weight is 451 g/mol. The van der Waals surface area contributed by atoms with Gasteiger partial charge >= 0.3 is 6.36 Å². The van der Waals surface area contributed by atoms with Crippen molar-refractivity contribution in [1.82, 2.24) is 0 Å². The topological polar surface area (TPSA) is 76.0 Å². The molecule has 2 fully saturated rings. The van der Waals surface area contributed by atoms with Crippen LogP contribution < -0.4 is 9.64 Å². The molecule has 0 radical (unpaired) electrons. The Labute approximate surface area is 171 Å². The number of hydrogen-bond donors (Lipinski definition) is 0. The number of carbonyl (C=O) groups excluding carboxylic acids is 1. The average Bonchev–Trinajstić information content (AvgIpc) is 3.05.